The Morgan fingerprint density at radius 2 is 1.66 bits per heavy atom. The number of hydrogen-bond donors (Lipinski definition) is 0. The minimum absolute atomic E-state index is 0. The highest BCUT2D eigenvalue weighted by molar-refractivity contribution is 5.70. The summed E-state index contributed by atoms with van der Waals surface area (Å²) in [5.41, 5.74) is 9.53. The molecule has 2 aromatic rings. The van der Waals surface area contributed by atoms with Crippen LogP contribution in [-0.4, -0.2) is 6.29 Å². The number of benzene rings is 2. The molecule has 1 aliphatic carbocycles. The summed E-state index contributed by atoms with van der Waals surface area (Å²) in [5, 5.41) is 0. The first kappa shape index (κ1) is 34.6. The minimum Gasteiger partial charge on any atom is -0.299 e. The minimum atomic E-state index is 0. The SMILES string of the molecule is C.C.CC#Cc1cc(/C2=C/C=C\C/C(CCc3ccc(CC)cc3)=C\C2)ccc1C.CC(C)(C)/C=C\C=O.[HH]. The molecule has 0 fully saturated rings. The number of carbonyl (C=O) groups excluding carboxylic acids is 1. The first-order valence-electron chi connectivity index (χ1n) is 13.0. The van der Waals surface area contributed by atoms with Crippen molar-refractivity contribution < 1.29 is 6.22 Å². The van der Waals surface area contributed by atoms with E-state index in [1.165, 1.54) is 39.5 Å². The molecule has 0 aliphatic heterocycles. The Kier molecular flexibility index (Phi) is 16.4. The van der Waals surface area contributed by atoms with E-state index in [1.807, 2.05) is 33.8 Å². The second kappa shape index (κ2) is 18.0. The van der Waals surface area contributed by atoms with Gasteiger partial charge in [0.2, 0.25) is 0 Å². The van der Waals surface area contributed by atoms with Crippen molar-refractivity contribution >= 4 is 11.9 Å². The molecule has 0 aromatic heterocycles. The molecule has 0 saturated carbocycles. The van der Waals surface area contributed by atoms with E-state index in [0.717, 1.165) is 44.0 Å². The van der Waals surface area contributed by atoms with Crippen LogP contribution in [0.1, 0.15) is 98.0 Å². The van der Waals surface area contributed by atoms with Crippen LogP contribution in [-0.2, 0) is 17.6 Å². The number of aldehydes is 1. The summed E-state index contributed by atoms with van der Waals surface area (Å²) in [6.07, 6.45) is 18.8. The van der Waals surface area contributed by atoms with E-state index >= 15 is 0 Å². The van der Waals surface area contributed by atoms with Crippen molar-refractivity contribution in [2.75, 3.05) is 0 Å². The molecule has 0 heterocycles. The lowest BCUT2D eigenvalue weighted by Crippen LogP contribution is -1.97. The van der Waals surface area contributed by atoms with Crippen LogP contribution in [0.5, 0.6) is 0 Å². The molecular weight excluding hydrogens is 460 g/mol. The van der Waals surface area contributed by atoms with Crippen LogP contribution in [0.4, 0.5) is 0 Å². The van der Waals surface area contributed by atoms with Gasteiger partial charge in [-0.2, -0.15) is 0 Å². The average Bonchev–Trinajstić information content (AvgIpc) is 2.84. The predicted molar refractivity (Wildman–Crippen MR) is 173 cm³/mol. The van der Waals surface area contributed by atoms with Crippen molar-refractivity contribution in [2.24, 2.45) is 5.41 Å². The highest BCUT2D eigenvalue weighted by atomic mass is 16.1. The maximum Gasteiger partial charge on any atom is 0.142 e. The highest BCUT2D eigenvalue weighted by Crippen LogP contribution is 2.26. The van der Waals surface area contributed by atoms with Crippen LogP contribution >= 0.6 is 0 Å². The number of aryl methyl sites for hydroxylation is 3. The van der Waals surface area contributed by atoms with Crippen LogP contribution in [0.15, 0.2) is 84.5 Å². The van der Waals surface area contributed by atoms with Crippen molar-refractivity contribution in [3.05, 3.63) is 112 Å². The number of hydrogen-bond acceptors (Lipinski definition) is 1. The molecule has 0 spiro atoms. The highest BCUT2D eigenvalue weighted by Gasteiger charge is 2.06. The molecule has 0 atom stereocenters. The summed E-state index contributed by atoms with van der Waals surface area (Å²) in [6.45, 7) is 12.4. The van der Waals surface area contributed by atoms with Crippen molar-refractivity contribution in [3.8, 4) is 11.8 Å². The molecule has 0 bridgehead atoms. The fraction of sp³-hybridized carbons (Fsp3) is 0.378. The average molecular weight is 513 g/mol. The molecule has 1 heteroatoms. The van der Waals surface area contributed by atoms with Crippen LogP contribution in [0.3, 0.4) is 0 Å². The van der Waals surface area contributed by atoms with Gasteiger partial charge < -0.3 is 0 Å². The van der Waals surface area contributed by atoms with Gasteiger partial charge in [-0.3, -0.25) is 4.79 Å². The Hall–Kier alpha value is -3.37. The van der Waals surface area contributed by atoms with E-state index in [-0.39, 0.29) is 21.7 Å². The molecule has 2 aromatic carbocycles. The molecule has 0 N–H and O–H groups in total. The van der Waals surface area contributed by atoms with Crippen LogP contribution in [0.25, 0.3) is 5.57 Å². The fourth-order valence-corrected chi connectivity index (χ4v) is 3.89. The molecule has 3 rings (SSSR count). The number of allylic oxidation sites excluding steroid dienone is 8. The Morgan fingerprint density at radius 3 is 2.24 bits per heavy atom. The van der Waals surface area contributed by atoms with Gasteiger partial charge in [0.1, 0.15) is 6.29 Å². The molecule has 1 nitrogen and oxygen atoms in total. The van der Waals surface area contributed by atoms with Crippen molar-refractivity contribution in [2.45, 2.75) is 88.5 Å². The van der Waals surface area contributed by atoms with E-state index in [4.69, 9.17) is 0 Å². The first-order valence-corrected chi connectivity index (χ1v) is 13.0. The lowest BCUT2D eigenvalue weighted by molar-refractivity contribution is -0.104. The van der Waals surface area contributed by atoms with Crippen LogP contribution in [0.2, 0.25) is 0 Å². The molecule has 0 amide bonds. The topological polar surface area (TPSA) is 17.1 Å². The molecule has 206 valence electrons. The van der Waals surface area contributed by atoms with E-state index in [0.29, 0.717) is 0 Å². The maximum absolute atomic E-state index is 9.76. The van der Waals surface area contributed by atoms with Crippen LogP contribution in [0, 0.1) is 24.2 Å². The van der Waals surface area contributed by atoms with E-state index in [2.05, 4.69) is 92.5 Å². The summed E-state index contributed by atoms with van der Waals surface area (Å²) in [5.74, 6) is 6.26. The zero-order valence-electron chi connectivity index (χ0n) is 23.0. The quantitative estimate of drug-likeness (QED) is 0.163. The van der Waals surface area contributed by atoms with Gasteiger partial charge in [0, 0.05) is 6.99 Å². The fourth-order valence-electron chi connectivity index (χ4n) is 3.89. The summed E-state index contributed by atoms with van der Waals surface area (Å²) >= 11 is 0. The third kappa shape index (κ3) is 12.7. The van der Waals surface area contributed by atoms with Gasteiger partial charge in [-0.05, 0) is 91.3 Å². The third-order valence-electron chi connectivity index (χ3n) is 6.13. The Bertz CT molecular complexity index is 1170. The normalized spacial score (nSPS) is 16.3. The Morgan fingerprint density at radius 1 is 0.974 bits per heavy atom. The van der Waals surface area contributed by atoms with E-state index in [9.17, 15) is 4.79 Å². The predicted octanol–water partition coefficient (Wildman–Crippen LogP) is 10.5. The molecule has 38 heavy (non-hydrogen) atoms. The van der Waals surface area contributed by atoms with E-state index in [1.54, 1.807) is 0 Å². The van der Waals surface area contributed by atoms with Crippen LogP contribution < -0.4 is 0 Å². The summed E-state index contributed by atoms with van der Waals surface area (Å²) in [6, 6.07) is 15.7. The molecule has 0 radical (unpaired) electrons. The van der Waals surface area contributed by atoms with Gasteiger partial charge in [-0.15, -0.1) is 5.92 Å². The zero-order valence-corrected chi connectivity index (χ0v) is 23.0. The van der Waals surface area contributed by atoms with Crippen molar-refractivity contribution in [1.29, 1.82) is 0 Å². The molecule has 0 saturated heterocycles. The number of carbonyl (C=O) groups is 1. The molecule has 1 aliphatic rings. The zero-order chi connectivity index (χ0) is 26.4. The second-order valence-corrected chi connectivity index (χ2v) is 10.3. The lowest BCUT2D eigenvalue weighted by atomic mass is 9.93. The van der Waals surface area contributed by atoms with Gasteiger partial charge in [-0.1, -0.05) is 121 Å². The Balaban J connectivity index is 0. The van der Waals surface area contributed by atoms with Gasteiger partial charge in [0.25, 0.3) is 0 Å². The summed E-state index contributed by atoms with van der Waals surface area (Å²) in [7, 11) is 0. The van der Waals surface area contributed by atoms with Gasteiger partial charge >= 0.3 is 0 Å². The monoisotopic (exact) mass is 512 g/mol. The maximum atomic E-state index is 9.76. The summed E-state index contributed by atoms with van der Waals surface area (Å²) in [4.78, 5) is 9.76. The first-order chi connectivity index (χ1) is 17.3. The lowest BCUT2D eigenvalue weighted by Gasteiger charge is -2.12. The second-order valence-electron chi connectivity index (χ2n) is 10.3. The molecule has 0 unspecified atom stereocenters. The molecular formula is C37H52O. The standard InChI is InChI=1S/C28H30.C7H12O.2CH4.H2/c1-4-8-27-21-28(19-11-22(27)3)26-10-7-6-9-24(18-20-26)16-17-25-14-12-23(5-2)13-15-25;1-7(2,3)5-4-6-8;;;/h6-7,10-15,18-19,21H,5,9,16-17,20H2,1-3H3;4-6H,1-3H3;2*1H4;1H/b7-6-,24-18+,26-10+;5-4-;;;. The Labute approximate surface area is 236 Å². The largest absolute Gasteiger partial charge is 0.299 e. The van der Waals surface area contributed by atoms with E-state index < -0.39 is 0 Å². The van der Waals surface area contributed by atoms with Crippen molar-refractivity contribution in [3.63, 3.8) is 0 Å². The number of rotatable bonds is 6. The summed E-state index contributed by atoms with van der Waals surface area (Å²) < 4.78 is 0. The van der Waals surface area contributed by atoms with Gasteiger partial charge in [0.15, 0.2) is 0 Å². The van der Waals surface area contributed by atoms with Gasteiger partial charge in [0.05, 0.1) is 0 Å². The van der Waals surface area contributed by atoms with Gasteiger partial charge in [-0.25, -0.2) is 0 Å². The van der Waals surface area contributed by atoms with Crippen molar-refractivity contribution in [1.82, 2.24) is 0 Å². The third-order valence-corrected chi connectivity index (χ3v) is 6.13. The smallest absolute Gasteiger partial charge is 0.142 e.